The molecule has 2 fully saturated rings. The zero-order valence-electron chi connectivity index (χ0n) is 17.3. The van der Waals surface area contributed by atoms with Crippen LogP contribution in [0.4, 0.5) is 5.69 Å². The quantitative estimate of drug-likeness (QED) is 0.763. The molecule has 0 saturated carbocycles. The van der Waals surface area contributed by atoms with E-state index >= 15 is 0 Å². The van der Waals surface area contributed by atoms with Gasteiger partial charge in [-0.15, -0.1) is 0 Å². The van der Waals surface area contributed by atoms with Crippen molar-refractivity contribution in [3.05, 3.63) is 58.9 Å². The molecular formula is C22H23ClN4O4. The molecule has 9 heteroatoms. The molecule has 1 N–H and O–H groups in total. The maximum atomic E-state index is 13.5. The lowest BCUT2D eigenvalue weighted by Crippen LogP contribution is -2.81. The van der Waals surface area contributed by atoms with E-state index in [2.05, 4.69) is 4.98 Å². The highest BCUT2D eigenvalue weighted by Crippen LogP contribution is 2.38. The topological polar surface area (TPSA) is 94.1 Å². The van der Waals surface area contributed by atoms with Crippen molar-refractivity contribution in [3.8, 4) is 0 Å². The van der Waals surface area contributed by atoms with Crippen molar-refractivity contribution < 1.29 is 19.5 Å². The molecule has 2 amide bonds. The van der Waals surface area contributed by atoms with Crippen LogP contribution < -0.4 is 4.90 Å². The fraction of sp³-hybridized carbons (Fsp3) is 0.364. The van der Waals surface area contributed by atoms with Crippen molar-refractivity contribution in [1.29, 1.82) is 0 Å². The third-order valence-electron chi connectivity index (χ3n) is 5.89. The number of aromatic carboxylic acids is 1. The van der Waals surface area contributed by atoms with Crippen LogP contribution in [0.25, 0.3) is 0 Å². The van der Waals surface area contributed by atoms with Gasteiger partial charge in [0, 0.05) is 29.5 Å². The van der Waals surface area contributed by atoms with Crippen molar-refractivity contribution in [1.82, 2.24) is 14.8 Å². The number of pyridine rings is 1. The van der Waals surface area contributed by atoms with E-state index in [9.17, 15) is 19.5 Å². The average Bonchev–Trinajstić information content (AvgIpc) is 2.70. The van der Waals surface area contributed by atoms with Crippen molar-refractivity contribution in [2.24, 2.45) is 0 Å². The van der Waals surface area contributed by atoms with E-state index in [1.54, 1.807) is 28.0 Å². The van der Waals surface area contributed by atoms with E-state index in [4.69, 9.17) is 11.6 Å². The molecule has 1 aromatic heterocycles. The Morgan fingerprint density at radius 2 is 1.87 bits per heavy atom. The van der Waals surface area contributed by atoms with Crippen molar-refractivity contribution in [2.45, 2.75) is 32.0 Å². The highest BCUT2D eigenvalue weighted by Gasteiger charge is 2.59. The molecule has 0 atom stereocenters. The molecule has 2 aliphatic heterocycles. The zero-order valence-corrected chi connectivity index (χ0v) is 18.0. The molecule has 0 unspecified atom stereocenters. The van der Waals surface area contributed by atoms with Crippen LogP contribution >= 0.6 is 11.6 Å². The smallest absolute Gasteiger partial charge is 0.354 e. The normalized spacial score (nSPS) is 18.0. The zero-order chi connectivity index (χ0) is 22.3. The minimum Gasteiger partial charge on any atom is -0.477 e. The van der Waals surface area contributed by atoms with Crippen LogP contribution in [0.2, 0.25) is 5.02 Å². The number of aromatic nitrogens is 1. The number of carbonyl (C=O) groups is 3. The van der Waals surface area contributed by atoms with E-state index in [0.29, 0.717) is 17.3 Å². The van der Waals surface area contributed by atoms with Crippen molar-refractivity contribution in [3.63, 3.8) is 0 Å². The Hall–Kier alpha value is -3.13. The number of anilines is 1. The minimum absolute atomic E-state index is 0.0459. The average molecular weight is 443 g/mol. The van der Waals surface area contributed by atoms with Crippen molar-refractivity contribution >= 4 is 35.1 Å². The second kappa shape index (κ2) is 7.85. The summed E-state index contributed by atoms with van der Waals surface area (Å²) in [6.45, 7) is 4.72. The summed E-state index contributed by atoms with van der Waals surface area (Å²) in [5.74, 6) is -1.31. The number of nitrogens with zero attached hydrogens (tertiary/aromatic N) is 4. The first-order valence-electron chi connectivity index (χ1n) is 10.0. The summed E-state index contributed by atoms with van der Waals surface area (Å²) in [5, 5.41) is 9.82. The van der Waals surface area contributed by atoms with E-state index in [1.165, 1.54) is 12.3 Å². The number of carboxylic acid groups (broad SMARTS) is 1. The summed E-state index contributed by atoms with van der Waals surface area (Å²) in [4.78, 5) is 46.9. The monoisotopic (exact) mass is 442 g/mol. The fourth-order valence-corrected chi connectivity index (χ4v) is 4.29. The van der Waals surface area contributed by atoms with Crippen LogP contribution in [0.15, 0.2) is 42.6 Å². The Morgan fingerprint density at radius 3 is 2.48 bits per heavy atom. The van der Waals surface area contributed by atoms with E-state index in [-0.39, 0.29) is 43.2 Å². The van der Waals surface area contributed by atoms with E-state index in [0.717, 1.165) is 5.56 Å². The number of rotatable bonds is 5. The number of hydrogen-bond donors (Lipinski definition) is 1. The number of halogens is 1. The Morgan fingerprint density at radius 1 is 1.19 bits per heavy atom. The molecule has 2 saturated heterocycles. The maximum Gasteiger partial charge on any atom is 0.354 e. The summed E-state index contributed by atoms with van der Waals surface area (Å²) in [6, 6.07) is 10.3. The van der Waals surface area contributed by atoms with Crippen LogP contribution in [-0.4, -0.2) is 68.9 Å². The van der Waals surface area contributed by atoms with Gasteiger partial charge in [-0.1, -0.05) is 23.7 Å². The molecule has 2 aliphatic rings. The van der Waals surface area contributed by atoms with Crippen LogP contribution in [0.1, 0.15) is 29.9 Å². The molecule has 2 aromatic rings. The largest absolute Gasteiger partial charge is 0.477 e. The molecule has 0 radical (unpaired) electrons. The molecule has 0 aliphatic carbocycles. The standard InChI is InChI=1S/C22H23ClN4O4/c1-14(2)26-11-19(28)27(10-15-3-5-16(23)6-4-15)22(21(26)31)12-25(13-22)17-7-8-24-18(9-17)20(29)30/h3-9,14H,10-13H2,1-2H3,(H,29,30). The first kappa shape index (κ1) is 21.1. The summed E-state index contributed by atoms with van der Waals surface area (Å²) >= 11 is 5.98. The van der Waals surface area contributed by atoms with Gasteiger partial charge < -0.3 is 19.8 Å². The van der Waals surface area contributed by atoms with Crippen molar-refractivity contribution in [2.75, 3.05) is 24.5 Å². The Labute approximate surface area is 185 Å². The highest BCUT2D eigenvalue weighted by molar-refractivity contribution is 6.30. The lowest BCUT2D eigenvalue weighted by atomic mass is 9.82. The van der Waals surface area contributed by atoms with Gasteiger partial charge in [0.25, 0.3) is 5.91 Å². The second-order valence-electron chi connectivity index (χ2n) is 8.23. The van der Waals surface area contributed by atoms with Crippen LogP contribution in [0, 0.1) is 0 Å². The van der Waals surface area contributed by atoms with Gasteiger partial charge in [0.2, 0.25) is 5.91 Å². The lowest BCUT2D eigenvalue weighted by molar-refractivity contribution is -0.170. The number of benzene rings is 1. The Balaban J connectivity index is 1.64. The molecule has 1 spiro atoms. The predicted octanol–water partition coefficient (Wildman–Crippen LogP) is 2.27. The van der Waals surface area contributed by atoms with Gasteiger partial charge in [0.05, 0.1) is 13.1 Å². The van der Waals surface area contributed by atoms with Crippen LogP contribution in [0.5, 0.6) is 0 Å². The Bertz CT molecular complexity index is 1030. The second-order valence-corrected chi connectivity index (χ2v) is 8.66. The first-order chi connectivity index (χ1) is 14.7. The molecular weight excluding hydrogens is 420 g/mol. The molecule has 162 valence electrons. The molecule has 8 nitrogen and oxygen atoms in total. The molecule has 3 heterocycles. The molecule has 0 bridgehead atoms. The number of amides is 2. The summed E-state index contributed by atoms with van der Waals surface area (Å²) in [5.41, 5.74) is 0.488. The SMILES string of the molecule is CC(C)N1CC(=O)N(Cc2ccc(Cl)cc2)C2(CN(c3ccnc(C(=O)O)c3)C2)C1=O. The summed E-state index contributed by atoms with van der Waals surface area (Å²) in [6.07, 6.45) is 1.43. The van der Waals surface area contributed by atoms with E-state index < -0.39 is 11.5 Å². The number of carbonyl (C=O) groups excluding carboxylic acids is 2. The molecule has 4 rings (SSSR count). The predicted molar refractivity (Wildman–Crippen MR) is 115 cm³/mol. The number of carboxylic acids is 1. The van der Waals surface area contributed by atoms with Gasteiger partial charge in [0.1, 0.15) is 12.2 Å². The number of piperazine rings is 1. The van der Waals surface area contributed by atoms with Crippen LogP contribution in [0.3, 0.4) is 0 Å². The summed E-state index contributed by atoms with van der Waals surface area (Å²) < 4.78 is 0. The third kappa shape index (κ3) is 3.72. The number of hydrogen-bond acceptors (Lipinski definition) is 5. The van der Waals surface area contributed by atoms with Gasteiger partial charge >= 0.3 is 5.97 Å². The van der Waals surface area contributed by atoms with Gasteiger partial charge in [-0.2, -0.15) is 0 Å². The fourth-order valence-electron chi connectivity index (χ4n) is 4.16. The Kier molecular flexibility index (Phi) is 5.35. The van der Waals surface area contributed by atoms with Gasteiger partial charge in [-0.3, -0.25) is 9.59 Å². The third-order valence-corrected chi connectivity index (χ3v) is 6.14. The maximum absolute atomic E-state index is 13.5. The molecule has 1 aromatic carbocycles. The van der Waals surface area contributed by atoms with Gasteiger partial charge in [-0.25, -0.2) is 9.78 Å². The lowest BCUT2D eigenvalue weighted by Gasteiger charge is -2.59. The first-order valence-corrected chi connectivity index (χ1v) is 10.4. The minimum atomic E-state index is -1.11. The highest BCUT2D eigenvalue weighted by atomic mass is 35.5. The van der Waals surface area contributed by atoms with Gasteiger partial charge in [0.15, 0.2) is 5.54 Å². The van der Waals surface area contributed by atoms with Gasteiger partial charge in [-0.05, 0) is 43.7 Å². The van der Waals surface area contributed by atoms with Crippen LogP contribution in [-0.2, 0) is 16.1 Å². The van der Waals surface area contributed by atoms with E-state index in [1.807, 2.05) is 30.9 Å². The molecule has 31 heavy (non-hydrogen) atoms. The summed E-state index contributed by atoms with van der Waals surface area (Å²) in [7, 11) is 0.